The molecule has 7 nitrogen and oxygen atoms in total. The molecular formula is C18H20N2O5. The molecule has 1 fully saturated rings. The van der Waals surface area contributed by atoms with Crippen LogP contribution in [-0.4, -0.2) is 52.8 Å². The van der Waals surface area contributed by atoms with Crippen LogP contribution < -0.4 is 0 Å². The van der Waals surface area contributed by atoms with E-state index < -0.39 is 12.0 Å². The molecule has 1 aromatic carbocycles. The number of carboxylic acids is 1. The van der Waals surface area contributed by atoms with E-state index in [1.54, 1.807) is 13.2 Å². The van der Waals surface area contributed by atoms with Gasteiger partial charge in [0, 0.05) is 31.3 Å². The summed E-state index contributed by atoms with van der Waals surface area (Å²) in [6.07, 6.45) is 0.200. The summed E-state index contributed by atoms with van der Waals surface area (Å²) >= 11 is 0. The number of hydrogen-bond donors (Lipinski definition) is 1. The number of methoxy groups -OCH3 is 1. The summed E-state index contributed by atoms with van der Waals surface area (Å²) in [6.45, 7) is 2.33. The molecule has 132 valence electrons. The normalized spacial score (nSPS) is 20.0. The van der Waals surface area contributed by atoms with Crippen LogP contribution in [-0.2, 0) is 9.53 Å². The Balaban J connectivity index is 1.80. The number of hydrogen-bond acceptors (Lipinski definition) is 5. The lowest BCUT2D eigenvalue weighted by Crippen LogP contribution is -2.37. The largest absolute Gasteiger partial charge is 0.481 e. The lowest BCUT2D eigenvalue weighted by atomic mass is 10.1. The quantitative estimate of drug-likeness (QED) is 0.895. The van der Waals surface area contributed by atoms with Crippen molar-refractivity contribution in [2.75, 3.05) is 13.7 Å². The molecule has 0 saturated carbocycles. The van der Waals surface area contributed by atoms with Crippen LogP contribution in [0.2, 0.25) is 0 Å². The SMILES string of the molecule is COC1CC(CC(=O)O)N(C(=O)c2cc(-c3ccc(C)cc3)no2)C1. The zero-order chi connectivity index (χ0) is 18.0. The van der Waals surface area contributed by atoms with Gasteiger partial charge in [-0.15, -0.1) is 0 Å². The predicted octanol–water partition coefficient (Wildman–Crippen LogP) is 2.35. The summed E-state index contributed by atoms with van der Waals surface area (Å²) in [5.41, 5.74) is 2.55. The molecule has 1 aliphatic rings. The van der Waals surface area contributed by atoms with Gasteiger partial charge in [0.05, 0.1) is 12.5 Å². The molecule has 0 spiro atoms. The predicted molar refractivity (Wildman–Crippen MR) is 89.2 cm³/mol. The number of carbonyl (C=O) groups excluding carboxylic acids is 1. The maximum Gasteiger partial charge on any atom is 0.305 e. The minimum Gasteiger partial charge on any atom is -0.481 e. The Morgan fingerprint density at radius 1 is 1.36 bits per heavy atom. The summed E-state index contributed by atoms with van der Waals surface area (Å²) in [7, 11) is 1.56. The number of benzene rings is 1. The highest BCUT2D eigenvalue weighted by Gasteiger charge is 2.38. The van der Waals surface area contributed by atoms with Gasteiger partial charge in [-0.1, -0.05) is 35.0 Å². The molecule has 3 rings (SSSR count). The van der Waals surface area contributed by atoms with Crippen molar-refractivity contribution >= 4 is 11.9 Å². The van der Waals surface area contributed by atoms with E-state index in [-0.39, 0.29) is 24.2 Å². The zero-order valence-electron chi connectivity index (χ0n) is 14.1. The van der Waals surface area contributed by atoms with E-state index in [4.69, 9.17) is 14.4 Å². The molecule has 7 heteroatoms. The first-order chi connectivity index (χ1) is 12.0. The molecule has 2 heterocycles. The van der Waals surface area contributed by atoms with E-state index in [9.17, 15) is 9.59 Å². The fourth-order valence-corrected chi connectivity index (χ4v) is 3.07. The van der Waals surface area contributed by atoms with E-state index in [0.717, 1.165) is 11.1 Å². The highest BCUT2D eigenvalue weighted by molar-refractivity contribution is 5.93. The maximum atomic E-state index is 12.7. The highest BCUT2D eigenvalue weighted by Crippen LogP contribution is 2.26. The topological polar surface area (TPSA) is 92.9 Å². The monoisotopic (exact) mass is 344 g/mol. The van der Waals surface area contributed by atoms with Gasteiger partial charge < -0.3 is 19.3 Å². The van der Waals surface area contributed by atoms with Crippen LogP contribution in [0.3, 0.4) is 0 Å². The number of carbonyl (C=O) groups is 2. The molecule has 2 aromatic rings. The Morgan fingerprint density at radius 3 is 2.72 bits per heavy atom. The van der Waals surface area contributed by atoms with Gasteiger partial charge >= 0.3 is 5.97 Å². The number of nitrogens with zero attached hydrogens (tertiary/aromatic N) is 2. The minimum atomic E-state index is -0.947. The Morgan fingerprint density at radius 2 is 2.08 bits per heavy atom. The fourth-order valence-electron chi connectivity index (χ4n) is 3.07. The van der Waals surface area contributed by atoms with Crippen LogP contribution in [0.4, 0.5) is 0 Å². The van der Waals surface area contributed by atoms with Crippen molar-refractivity contribution < 1.29 is 24.0 Å². The van der Waals surface area contributed by atoms with Crippen molar-refractivity contribution in [3.63, 3.8) is 0 Å². The molecule has 25 heavy (non-hydrogen) atoms. The molecule has 1 N–H and O–H groups in total. The number of aromatic nitrogens is 1. The third kappa shape index (κ3) is 3.71. The molecule has 1 amide bonds. The molecule has 0 bridgehead atoms. The van der Waals surface area contributed by atoms with E-state index in [1.807, 2.05) is 31.2 Å². The zero-order valence-corrected chi connectivity index (χ0v) is 14.1. The van der Waals surface area contributed by atoms with Crippen LogP contribution >= 0.6 is 0 Å². The number of aliphatic carboxylic acids is 1. The van der Waals surface area contributed by atoms with Gasteiger partial charge in [-0.25, -0.2) is 0 Å². The van der Waals surface area contributed by atoms with Crippen molar-refractivity contribution in [2.24, 2.45) is 0 Å². The Hall–Kier alpha value is -2.67. The third-order valence-electron chi connectivity index (χ3n) is 4.45. The average Bonchev–Trinajstić information content (AvgIpc) is 3.21. The number of ether oxygens (including phenoxy) is 1. The molecule has 1 aromatic heterocycles. The van der Waals surface area contributed by atoms with E-state index in [1.165, 1.54) is 4.90 Å². The maximum absolute atomic E-state index is 12.7. The molecule has 0 aliphatic carbocycles. The standard InChI is InChI=1S/C18H20N2O5/c1-11-3-5-12(6-4-11)15-9-16(25-19-15)18(23)20-10-14(24-2)7-13(20)8-17(21)22/h3-6,9,13-14H,7-8,10H2,1-2H3,(H,21,22). The van der Waals surface area contributed by atoms with E-state index in [0.29, 0.717) is 18.7 Å². The first-order valence-electron chi connectivity index (χ1n) is 8.07. The second kappa shape index (κ2) is 7.06. The number of carboxylic acid groups (broad SMARTS) is 1. The van der Waals surface area contributed by atoms with Crippen LogP contribution in [0.25, 0.3) is 11.3 Å². The Bertz CT molecular complexity index is 768. The summed E-state index contributed by atoms with van der Waals surface area (Å²) < 4.78 is 10.5. The number of rotatable bonds is 5. The summed E-state index contributed by atoms with van der Waals surface area (Å²) in [5, 5.41) is 13.0. The second-order valence-corrected chi connectivity index (χ2v) is 6.25. The lowest BCUT2D eigenvalue weighted by molar-refractivity contribution is -0.138. The number of likely N-dealkylation sites (tertiary alicyclic amines) is 1. The molecule has 1 saturated heterocycles. The minimum absolute atomic E-state index is 0.0997. The van der Waals surface area contributed by atoms with Gasteiger partial charge in [0.1, 0.15) is 5.69 Å². The Labute approximate surface area is 145 Å². The molecule has 2 atom stereocenters. The van der Waals surface area contributed by atoms with E-state index in [2.05, 4.69) is 5.16 Å². The summed E-state index contributed by atoms with van der Waals surface area (Å²) in [5.74, 6) is -1.21. The van der Waals surface area contributed by atoms with Gasteiger partial charge in [0.2, 0.25) is 5.76 Å². The molecule has 2 unspecified atom stereocenters. The van der Waals surface area contributed by atoms with Gasteiger partial charge in [0.15, 0.2) is 0 Å². The Kier molecular flexibility index (Phi) is 4.85. The summed E-state index contributed by atoms with van der Waals surface area (Å²) in [4.78, 5) is 25.3. The van der Waals surface area contributed by atoms with Gasteiger partial charge in [-0.05, 0) is 13.3 Å². The average molecular weight is 344 g/mol. The van der Waals surface area contributed by atoms with Crippen LogP contribution in [0.1, 0.15) is 29.0 Å². The van der Waals surface area contributed by atoms with Crippen molar-refractivity contribution in [1.82, 2.24) is 10.1 Å². The lowest BCUT2D eigenvalue weighted by Gasteiger charge is -2.21. The van der Waals surface area contributed by atoms with Crippen molar-refractivity contribution in [3.05, 3.63) is 41.7 Å². The van der Waals surface area contributed by atoms with Crippen LogP contribution in [0.5, 0.6) is 0 Å². The van der Waals surface area contributed by atoms with Crippen LogP contribution in [0.15, 0.2) is 34.9 Å². The molecule has 0 radical (unpaired) electrons. The van der Waals surface area contributed by atoms with E-state index >= 15 is 0 Å². The molecule has 1 aliphatic heterocycles. The number of aryl methyl sites for hydroxylation is 1. The van der Waals surface area contributed by atoms with Gasteiger partial charge in [-0.2, -0.15) is 0 Å². The number of amides is 1. The second-order valence-electron chi connectivity index (χ2n) is 6.25. The van der Waals surface area contributed by atoms with Crippen molar-refractivity contribution in [3.8, 4) is 11.3 Å². The van der Waals surface area contributed by atoms with Crippen molar-refractivity contribution in [1.29, 1.82) is 0 Å². The summed E-state index contributed by atoms with van der Waals surface area (Å²) in [6, 6.07) is 8.90. The molecular weight excluding hydrogens is 324 g/mol. The fraction of sp³-hybridized carbons (Fsp3) is 0.389. The first kappa shape index (κ1) is 17.2. The first-order valence-corrected chi connectivity index (χ1v) is 8.07. The third-order valence-corrected chi connectivity index (χ3v) is 4.45. The van der Waals surface area contributed by atoms with Crippen LogP contribution in [0, 0.1) is 6.92 Å². The smallest absolute Gasteiger partial charge is 0.305 e. The van der Waals surface area contributed by atoms with Gasteiger partial charge in [0.25, 0.3) is 5.91 Å². The highest BCUT2D eigenvalue weighted by atomic mass is 16.5. The van der Waals surface area contributed by atoms with Crippen molar-refractivity contribution in [2.45, 2.75) is 31.9 Å². The van der Waals surface area contributed by atoms with Gasteiger partial charge in [-0.3, -0.25) is 9.59 Å².